The predicted molar refractivity (Wildman–Crippen MR) is 87.0 cm³/mol. The fraction of sp³-hybridized carbons (Fsp3) is 0.529. The molecule has 0 saturated carbocycles. The van der Waals surface area contributed by atoms with E-state index in [9.17, 15) is 9.59 Å². The van der Waals surface area contributed by atoms with Crippen molar-refractivity contribution < 1.29 is 23.8 Å². The Labute approximate surface area is 137 Å². The molecule has 1 unspecified atom stereocenters. The molecular weight excluding hydrogens is 298 g/mol. The van der Waals surface area contributed by atoms with Crippen LogP contribution in [-0.4, -0.2) is 45.2 Å². The van der Waals surface area contributed by atoms with Crippen LogP contribution in [0.4, 0.5) is 0 Å². The number of carbonyl (C=O) groups excluding carboxylic acids is 2. The molecule has 6 heteroatoms. The van der Waals surface area contributed by atoms with E-state index >= 15 is 0 Å². The van der Waals surface area contributed by atoms with E-state index in [1.54, 1.807) is 21.1 Å². The summed E-state index contributed by atoms with van der Waals surface area (Å²) in [5, 5.41) is 3.10. The van der Waals surface area contributed by atoms with Gasteiger partial charge in [0.25, 0.3) is 0 Å². The molecule has 0 heterocycles. The van der Waals surface area contributed by atoms with Crippen molar-refractivity contribution in [3.05, 3.63) is 23.8 Å². The highest BCUT2D eigenvalue weighted by molar-refractivity contribution is 5.86. The van der Waals surface area contributed by atoms with Crippen LogP contribution in [0.15, 0.2) is 18.2 Å². The average molecular weight is 323 g/mol. The number of ketones is 1. The van der Waals surface area contributed by atoms with E-state index in [2.05, 4.69) is 5.32 Å². The minimum absolute atomic E-state index is 0.0507. The van der Waals surface area contributed by atoms with Gasteiger partial charge in [-0.05, 0) is 44.5 Å². The van der Waals surface area contributed by atoms with Crippen molar-refractivity contribution in [1.29, 1.82) is 0 Å². The summed E-state index contributed by atoms with van der Waals surface area (Å²) in [5.74, 6) is 0.893. The molecule has 23 heavy (non-hydrogen) atoms. The number of hydrogen-bond donors (Lipinski definition) is 1. The Kier molecular flexibility index (Phi) is 8.11. The number of nitrogens with one attached hydrogen (secondary N) is 1. The number of Topliss-reactive ketones (excluding diaryl/α,β-unsaturated/α-hetero) is 1. The summed E-state index contributed by atoms with van der Waals surface area (Å²) >= 11 is 0. The Morgan fingerprint density at radius 3 is 2.43 bits per heavy atom. The van der Waals surface area contributed by atoms with Crippen molar-refractivity contribution in [3.8, 4) is 11.5 Å². The molecule has 0 bridgehead atoms. The van der Waals surface area contributed by atoms with Gasteiger partial charge < -0.3 is 19.5 Å². The van der Waals surface area contributed by atoms with Gasteiger partial charge in [0.2, 0.25) is 0 Å². The molecule has 0 aromatic heterocycles. The first-order chi connectivity index (χ1) is 11.0. The molecular formula is C17H25NO5. The van der Waals surface area contributed by atoms with Crippen molar-refractivity contribution in [2.75, 3.05) is 27.4 Å². The third-order valence-electron chi connectivity index (χ3n) is 3.42. The van der Waals surface area contributed by atoms with Crippen molar-refractivity contribution in [3.63, 3.8) is 0 Å². The quantitative estimate of drug-likeness (QED) is 0.661. The first-order valence-electron chi connectivity index (χ1n) is 7.62. The molecule has 1 aromatic rings. The zero-order valence-electron chi connectivity index (χ0n) is 14.2. The highest BCUT2D eigenvalue weighted by Crippen LogP contribution is 2.27. The Morgan fingerprint density at radius 2 is 1.87 bits per heavy atom. The van der Waals surface area contributed by atoms with Gasteiger partial charge in [0.1, 0.15) is 5.78 Å². The molecule has 0 amide bonds. The lowest BCUT2D eigenvalue weighted by molar-refractivity contribution is -0.145. The molecule has 0 spiro atoms. The molecule has 1 aromatic carbocycles. The van der Waals surface area contributed by atoms with E-state index in [4.69, 9.17) is 14.2 Å². The normalized spacial score (nSPS) is 11.7. The number of hydrogen-bond acceptors (Lipinski definition) is 6. The van der Waals surface area contributed by atoms with Crippen LogP contribution in [0, 0.1) is 0 Å². The molecule has 1 rings (SSSR count). The van der Waals surface area contributed by atoms with Crippen LogP contribution in [0.5, 0.6) is 11.5 Å². The molecule has 0 aliphatic carbocycles. The molecule has 6 nitrogen and oxygen atoms in total. The van der Waals surface area contributed by atoms with E-state index in [-0.39, 0.29) is 18.2 Å². The second-order valence-electron chi connectivity index (χ2n) is 5.07. The van der Waals surface area contributed by atoms with Gasteiger partial charge >= 0.3 is 5.97 Å². The highest BCUT2D eigenvalue weighted by atomic mass is 16.5. The molecule has 1 atom stereocenters. The Morgan fingerprint density at radius 1 is 1.17 bits per heavy atom. The lowest BCUT2D eigenvalue weighted by atomic mass is 10.1. The van der Waals surface area contributed by atoms with Crippen LogP contribution in [-0.2, 0) is 20.7 Å². The molecule has 0 saturated heterocycles. The van der Waals surface area contributed by atoms with Crippen LogP contribution in [0.3, 0.4) is 0 Å². The molecule has 1 N–H and O–H groups in total. The smallest absolute Gasteiger partial charge is 0.307 e. The number of ether oxygens (including phenoxy) is 3. The van der Waals surface area contributed by atoms with Crippen molar-refractivity contribution in [2.45, 2.75) is 32.7 Å². The largest absolute Gasteiger partial charge is 0.493 e. The number of rotatable bonds is 10. The number of carbonyl (C=O) groups is 2. The molecule has 0 aliphatic heterocycles. The first-order valence-corrected chi connectivity index (χ1v) is 7.62. The van der Waals surface area contributed by atoms with Gasteiger partial charge in [-0.15, -0.1) is 0 Å². The molecule has 128 valence electrons. The number of methoxy groups -OCH3 is 2. The summed E-state index contributed by atoms with van der Waals surface area (Å²) in [6.07, 6.45) is 0.752. The summed E-state index contributed by atoms with van der Waals surface area (Å²) in [4.78, 5) is 23.1. The van der Waals surface area contributed by atoms with Gasteiger partial charge in [-0.1, -0.05) is 6.07 Å². The average Bonchev–Trinajstić information content (AvgIpc) is 2.53. The number of esters is 1. The maximum absolute atomic E-state index is 11.6. The topological polar surface area (TPSA) is 73.9 Å². The SMILES string of the molecule is CCOC(=O)CC(NCCc1ccc(OC)c(OC)c1)C(C)=O. The fourth-order valence-electron chi connectivity index (χ4n) is 2.17. The van der Waals surface area contributed by atoms with Gasteiger partial charge in [-0.2, -0.15) is 0 Å². The summed E-state index contributed by atoms with van der Waals surface area (Å²) in [6, 6.07) is 5.16. The highest BCUT2D eigenvalue weighted by Gasteiger charge is 2.18. The Bertz CT molecular complexity index is 530. The molecule has 0 aliphatic rings. The van der Waals surface area contributed by atoms with E-state index in [1.807, 2.05) is 18.2 Å². The van der Waals surface area contributed by atoms with Gasteiger partial charge in [-0.25, -0.2) is 0 Å². The second-order valence-corrected chi connectivity index (χ2v) is 5.07. The maximum atomic E-state index is 11.6. The Hall–Kier alpha value is -2.08. The van der Waals surface area contributed by atoms with Gasteiger partial charge in [-0.3, -0.25) is 9.59 Å². The lowest BCUT2D eigenvalue weighted by Crippen LogP contribution is -2.38. The van der Waals surface area contributed by atoms with Gasteiger partial charge in [0.05, 0.1) is 33.3 Å². The fourth-order valence-corrected chi connectivity index (χ4v) is 2.17. The molecule has 0 fully saturated rings. The maximum Gasteiger partial charge on any atom is 0.307 e. The van der Waals surface area contributed by atoms with E-state index < -0.39 is 6.04 Å². The first kappa shape index (κ1) is 19.0. The second kappa shape index (κ2) is 9.84. The third kappa shape index (κ3) is 6.28. The van der Waals surface area contributed by atoms with Crippen LogP contribution in [0.1, 0.15) is 25.8 Å². The van der Waals surface area contributed by atoms with Gasteiger partial charge in [0.15, 0.2) is 11.5 Å². The van der Waals surface area contributed by atoms with Crippen molar-refractivity contribution >= 4 is 11.8 Å². The minimum atomic E-state index is -0.519. The van der Waals surface area contributed by atoms with E-state index in [1.165, 1.54) is 6.92 Å². The standard InChI is InChI=1S/C17H25NO5/c1-5-23-17(20)11-14(12(2)19)18-9-8-13-6-7-15(21-3)16(10-13)22-4/h6-7,10,14,18H,5,8-9,11H2,1-4H3. The van der Waals surface area contributed by atoms with Crippen LogP contribution < -0.4 is 14.8 Å². The van der Waals surface area contributed by atoms with Crippen molar-refractivity contribution in [1.82, 2.24) is 5.32 Å². The predicted octanol–water partition coefficient (Wildman–Crippen LogP) is 1.75. The monoisotopic (exact) mass is 323 g/mol. The lowest BCUT2D eigenvalue weighted by Gasteiger charge is -2.15. The Balaban J connectivity index is 2.56. The summed E-state index contributed by atoms with van der Waals surface area (Å²) in [5.41, 5.74) is 1.05. The zero-order valence-corrected chi connectivity index (χ0v) is 14.2. The zero-order chi connectivity index (χ0) is 17.2. The minimum Gasteiger partial charge on any atom is -0.493 e. The number of benzene rings is 1. The summed E-state index contributed by atoms with van der Waals surface area (Å²) in [7, 11) is 3.18. The van der Waals surface area contributed by atoms with Crippen LogP contribution >= 0.6 is 0 Å². The van der Waals surface area contributed by atoms with E-state index in [0.29, 0.717) is 31.1 Å². The van der Waals surface area contributed by atoms with Crippen LogP contribution in [0.25, 0.3) is 0 Å². The van der Waals surface area contributed by atoms with E-state index in [0.717, 1.165) is 5.56 Å². The summed E-state index contributed by atoms with van der Waals surface area (Å²) < 4.78 is 15.3. The van der Waals surface area contributed by atoms with Crippen molar-refractivity contribution in [2.24, 2.45) is 0 Å². The molecule has 0 radical (unpaired) electrons. The summed E-state index contributed by atoms with van der Waals surface area (Å²) in [6.45, 7) is 4.09. The van der Waals surface area contributed by atoms with Crippen LogP contribution in [0.2, 0.25) is 0 Å². The van der Waals surface area contributed by atoms with Gasteiger partial charge in [0, 0.05) is 0 Å². The third-order valence-corrected chi connectivity index (χ3v) is 3.42.